The monoisotopic (exact) mass is 71.1 g/mol. The molecule has 0 N–H and O–H groups in total. The smallest absolute Gasteiger partial charge is 0.0143 e. The van der Waals surface area contributed by atoms with E-state index >= 15 is 0 Å². The summed E-state index contributed by atoms with van der Waals surface area (Å²) in [5, 5.41) is 3.64. The Labute approximate surface area is 33.4 Å². The van der Waals surface area contributed by atoms with Gasteiger partial charge in [-0.2, -0.15) is 0 Å². The molecule has 1 heteroatoms. The lowest BCUT2D eigenvalue weighted by Crippen LogP contribution is -2.04. The van der Waals surface area contributed by atoms with E-state index in [4.69, 9.17) is 0 Å². The highest BCUT2D eigenvalue weighted by atomic mass is 14.8. The van der Waals surface area contributed by atoms with Gasteiger partial charge in [-0.15, -0.1) is 0 Å². The van der Waals surface area contributed by atoms with Crippen LogP contribution in [0.1, 0.15) is 13.8 Å². The van der Waals surface area contributed by atoms with Crippen LogP contribution < -0.4 is 5.32 Å². The van der Waals surface area contributed by atoms with Gasteiger partial charge in [0, 0.05) is 0 Å². The molecule has 31 valence electrons. The Morgan fingerprint density at radius 3 is 1.80 bits per heavy atom. The Hall–Kier alpha value is -0.0400. The summed E-state index contributed by atoms with van der Waals surface area (Å²) in [6.45, 7) is 3.99. The number of nitrogens with zero attached hydrogens (tertiary/aromatic N) is 1. The molecule has 1 nitrogen and oxygen atoms in total. The van der Waals surface area contributed by atoms with Crippen LogP contribution in [0.2, 0.25) is 0 Å². The van der Waals surface area contributed by atoms with Crippen LogP contribution in [-0.4, -0.2) is 6.04 Å². The third-order valence-corrected chi connectivity index (χ3v) is 0.365. The van der Waals surface area contributed by atoms with E-state index in [1.54, 1.807) is 0 Å². The number of rotatable bonds is 1. The van der Waals surface area contributed by atoms with Crippen molar-refractivity contribution in [2.45, 2.75) is 19.9 Å². The standard InChI is InChI=1S/C4H9N/c1-4(2)5-3/h4H,3H2,1-2H3/q-1. The van der Waals surface area contributed by atoms with E-state index in [-0.39, 0.29) is 0 Å². The fraction of sp³-hybridized carbons (Fsp3) is 0.750. The zero-order chi connectivity index (χ0) is 4.28. The molecule has 0 saturated heterocycles. The van der Waals surface area contributed by atoms with Gasteiger partial charge >= 0.3 is 0 Å². The van der Waals surface area contributed by atoms with Crippen molar-refractivity contribution in [1.82, 2.24) is 5.32 Å². The molecule has 0 fully saturated rings. The molecule has 0 aromatic rings. The summed E-state index contributed by atoms with van der Waals surface area (Å²) in [5.74, 6) is 0. The third kappa shape index (κ3) is 3.96. The SMILES string of the molecule is [CH2-][N]C(C)C. The second kappa shape index (κ2) is 2.21. The van der Waals surface area contributed by atoms with Crippen LogP contribution in [0, 0.1) is 7.05 Å². The highest BCUT2D eigenvalue weighted by Crippen LogP contribution is 1.71. The van der Waals surface area contributed by atoms with Crippen LogP contribution in [-0.2, 0) is 0 Å². The minimum Gasteiger partial charge on any atom is -0.422 e. The van der Waals surface area contributed by atoms with Crippen molar-refractivity contribution in [2.75, 3.05) is 0 Å². The maximum Gasteiger partial charge on any atom is -0.0143 e. The van der Waals surface area contributed by atoms with Gasteiger partial charge in [0.2, 0.25) is 0 Å². The van der Waals surface area contributed by atoms with Crippen LogP contribution in [0.5, 0.6) is 0 Å². The van der Waals surface area contributed by atoms with E-state index in [1.165, 1.54) is 0 Å². The Kier molecular flexibility index (Phi) is 2.19. The van der Waals surface area contributed by atoms with E-state index in [2.05, 4.69) is 12.4 Å². The first-order valence-electron chi connectivity index (χ1n) is 1.73. The Morgan fingerprint density at radius 2 is 1.80 bits per heavy atom. The lowest BCUT2D eigenvalue weighted by molar-refractivity contribution is 0.686. The molecule has 0 heterocycles. The summed E-state index contributed by atoms with van der Waals surface area (Å²) in [6.07, 6.45) is 0. The minimum absolute atomic E-state index is 0.398. The van der Waals surface area contributed by atoms with E-state index in [1.807, 2.05) is 13.8 Å². The molecule has 0 aliphatic rings. The van der Waals surface area contributed by atoms with Crippen molar-refractivity contribution in [3.63, 3.8) is 0 Å². The van der Waals surface area contributed by atoms with Gasteiger partial charge in [-0.3, -0.25) is 7.05 Å². The molecule has 5 heavy (non-hydrogen) atoms. The molecule has 0 aliphatic heterocycles. The molecule has 1 radical (unpaired) electrons. The van der Waals surface area contributed by atoms with Gasteiger partial charge < -0.3 is 5.32 Å². The summed E-state index contributed by atoms with van der Waals surface area (Å²) >= 11 is 0. The predicted molar refractivity (Wildman–Crippen MR) is 22.6 cm³/mol. The van der Waals surface area contributed by atoms with Crippen LogP contribution in [0.25, 0.3) is 0 Å². The topological polar surface area (TPSA) is 14.1 Å². The Bertz CT molecular complexity index is 17.6. The summed E-state index contributed by atoms with van der Waals surface area (Å²) in [5.41, 5.74) is 0. The van der Waals surface area contributed by atoms with Crippen molar-refractivity contribution in [1.29, 1.82) is 0 Å². The third-order valence-electron chi connectivity index (χ3n) is 0.365. The lowest BCUT2D eigenvalue weighted by atomic mass is 10.4. The lowest BCUT2D eigenvalue weighted by Gasteiger charge is -2.01. The molecular formula is C4H9N-. The van der Waals surface area contributed by atoms with Crippen LogP contribution in [0.15, 0.2) is 0 Å². The molecule has 0 aliphatic carbocycles. The first-order valence-corrected chi connectivity index (χ1v) is 1.73. The summed E-state index contributed by atoms with van der Waals surface area (Å²) in [6, 6.07) is 0.398. The number of hydrogen-bond donors (Lipinski definition) is 0. The fourth-order valence-corrected chi connectivity index (χ4v) is 0. The van der Waals surface area contributed by atoms with Crippen molar-refractivity contribution >= 4 is 0 Å². The zero-order valence-corrected chi connectivity index (χ0v) is 3.73. The van der Waals surface area contributed by atoms with Gasteiger partial charge in [0.15, 0.2) is 0 Å². The molecule has 0 atom stereocenters. The van der Waals surface area contributed by atoms with Crippen molar-refractivity contribution in [3.05, 3.63) is 7.05 Å². The quantitative estimate of drug-likeness (QED) is 0.406. The second-order valence-electron chi connectivity index (χ2n) is 1.28. The zero-order valence-electron chi connectivity index (χ0n) is 3.73. The highest BCUT2D eigenvalue weighted by Gasteiger charge is 1.72. The van der Waals surface area contributed by atoms with Gasteiger partial charge in [-0.25, -0.2) is 0 Å². The van der Waals surface area contributed by atoms with Gasteiger partial charge in [0.25, 0.3) is 0 Å². The molecule has 0 unspecified atom stereocenters. The molecule has 0 amide bonds. The van der Waals surface area contributed by atoms with Gasteiger partial charge in [0.05, 0.1) is 0 Å². The predicted octanol–water partition coefficient (Wildman–Crippen LogP) is 0.791. The van der Waals surface area contributed by atoms with E-state index in [0.29, 0.717) is 6.04 Å². The Morgan fingerprint density at radius 1 is 1.60 bits per heavy atom. The summed E-state index contributed by atoms with van der Waals surface area (Å²) in [7, 11) is 3.31. The largest absolute Gasteiger partial charge is 0.422 e. The molecule has 0 aromatic carbocycles. The van der Waals surface area contributed by atoms with E-state index in [9.17, 15) is 0 Å². The molecule has 0 spiro atoms. The van der Waals surface area contributed by atoms with Crippen LogP contribution in [0.3, 0.4) is 0 Å². The summed E-state index contributed by atoms with van der Waals surface area (Å²) < 4.78 is 0. The van der Waals surface area contributed by atoms with E-state index in [0.717, 1.165) is 0 Å². The van der Waals surface area contributed by atoms with Crippen LogP contribution >= 0.6 is 0 Å². The van der Waals surface area contributed by atoms with Crippen molar-refractivity contribution in [3.8, 4) is 0 Å². The van der Waals surface area contributed by atoms with Gasteiger partial charge in [-0.1, -0.05) is 13.8 Å². The molecule has 0 bridgehead atoms. The maximum atomic E-state index is 3.64. The summed E-state index contributed by atoms with van der Waals surface area (Å²) in [4.78, 5) is 0. The first kappa shape index (κ1) is 4.96. The number of hydrogen-bond acceptors (Lipinski definition) is 0. The van der Waals surface area contributed by atoms with Crippen molar-refractivity contribution in [2.24, 2.45) is 0 Å². The van der Waals surface area contributed by atoms with Gasteiger partial charge in [0.1, 0.15) is 0 Å². The molecule has 0 rings (SSSR count). The van der Waals surface area contributed by atoms with E-state index < -0.39 is 0 Å². The average molecular weight is 71.1 g/mol. The average Bonchev–Trinajstić information content (AvgIpc) is 1.38. The Balaban J connectivity index is 2.54. The first-order chi connectivity index (χ1) is 2.27. The normalized spacial score (nSPS) is 9.60. The fourth-order valence-electron chi connectivity index (χ4n) is 0. The van der Waals surface area contributed by atoms with Gasteiger partial charge in [-0.05, 0) is 6.04 Å². The second-order valence-corrected chi connectivity index (χ2v) is 1.28. The van der Waals surface area contributed by atoms with Crippen LogP contribution in [0.4, 0.5) is 0 Å². The highest BCUT2D eigenvalue weighted by molar-refractivity contribution is 4.44. The minimum atomic E-state index is 0.398. The molecule has 0 saturated carbocycles. The molecular weight excluding hydrogens is 62.1 g/mol. The van der Waals surface area contributed by atoms with Crippen molar-refractivity contribution < 1.29 is 0 Å². The molecule has 0 aromatic heterocycles. The maximum absolute atomic E-state index is 3.64.